The first-order valence-corrected chi connectivity index (χ1v) is 19.5. The average Bonchev–Trinajstić information content (AvgIpc) is 3.84. The van der Waals surface area contributed by atoms with Crippen LogP contribution < -0.4 is 9.97 Å². The van der Waals surface area contributed by atoms with Gasteiger partial charge in [-0.1, -0.05) is 132 Å². The molecule has 8 bridgehead atoms. The molecule has 0 saturated heterocycles. The molecule has 9 heteroatoms. The first kappa shape index (κ1) is 38.7. The maximum absolute atomic E-state index is 5.25. The Hall–Kier alpha value is -5.14. The predicted octanol–water partition coefficient (Wildman–Crippen LogP) is 11.3. The quantitative estimate of drug-likeness (QED) is 0.140. The molecule has 3 aromatic heterocycles. The van der Waals surface area contributed by atoms with Crippen molar-refractivity contribution in [2.75, 3.05) is 0 Å². The predicted molar refractivity (Wildman–Crippen MR) is 229 cm³/mol. The zero-order valence-electron chi connectivity index (χ0n) is 35.2. The van der Waals surface area contributed by atoms with E-state index in [1.807, 2.05) is 0 Å². The second-order valence-electron chi connectivity index (χ2n) is 19.5. The molecule has 57 heavy (non-hydrogen) atoms. The van der Waals surface area contributed by atoms with Crippen LogP contribution in [-0.4, -0.2) is 29.9 Å². The number of hydrogen-bond donors (Lipinski definition) is 0. The molecule has 8 nitrogen and oxygen atoms in total. The minimum Gasteiger partial charge on any atom is -0.357 e. The summed E-state index contributed by atoms with van der Waals surface area (Å²) in [5.74, 6) is 2.24. The molecule has 7 aromatic rings. The molecule has 0 aliphatic carbocycles. The zero-order valence-corrected chi connectivity index (χ0v) is 38.2. The standard InChI is InChI=1S/C48H48N8.Zn/c1-45(2,3)25-13-17-29-33(21-25)41-49-37(29)54-42-35-23-27(47(7,8)9)15-19-31(35)39(51-42)56-44-36-24-28(48(10,11)12)16-20-32(36)40(52-44)55-43-34-22-26(46(4,5)6)14-18-30(34)38(50-43)53-41;/h13-24H,1-12H3;/q-2;+2. The van der Waals surface area contributed by atoms with E-state index in [9.17, 15) is 0 Å². The van der Waals surface area contributed by atoms with Gasteiger partial charge in [0.05, 0.1) is 23.3 Å². The van der Waals surface area contributed by atoms with Gasteiger partial charge in [-0.05, 0) is 89.7 Å². The van der Waals surface area contributed by atoms with Gasteiger partial charge in [-0.15, -0.1) is 0 Å². The van der Waals surface area contributed by atoms with Crippen LogP contribution in [0.15, 0.2) is 72.8 Å². The monoisotopic (exact) mass is 800 g/mol. The van der Waals surface area contributed by atoms with Gasteiger partial charge in [-0.2, -0.15) is 0 Å². The van der Waals surface area contributed by atoms with E-state index in [4.69, 9.17) is 39.9 Å². The van der Waals surface area contributed by atoms with Crippen molar-refractivity contribution < 1.29 is 19.5 Å². The molecule has 0 unspecified atom stereocenters. The summed E-state index contributed by atoms with van der Waals surface area (Å²) in [5, 5.41) is 3.64. The third-order valence-corrected chi connectivity index (χ3v) is 11.2. The molecule has 2 aliphatic heterocycles. The Balaban J connectivity index is 0.00000455. The molecule has 0 amide bonds. The van der Waals surface area contributed by atoms with Crippen LogP contribution in [0.25, 0.3) is 89.7 Å². The number of hydrogen-bond acceptors (Lipinski definition) is 6. The maximum atomic E-state index is 5.25. The fraction of sp³-hybridized carbons (Fsp3) is 0.333. The van der Waals surface area contributed by atoms with E-state index < -0.39 is 0 Å². The molecule has 0 fully saturated rings. The Kier molecular flexibility index (Phi) is 8.79. The molecular formula is C48H48N8Zn. The van der Waals surface area contributed by atoms with E-state index in [1.54, 1.807) is 0 Å². The van der Waals surface area contributed by atoms with Crippen LogP contribution in [0.2, 0.25) is 0 Å². The smallest absolute Gasteiger partial charge is 0.357 e. The van der Waals surface area contributed by atoms with Crippen LogP contribution in [0.3, 0.4) is 0 Å². The van der Waals surface area contributed by atoms with E-state index in [-0.39, 0.29) is 41.1 Å². The van der Waals surface area contributed by atoms with Crippen LogP contribution in [0.1, 0.15) is 105 Å². The Labute approximate surface area is 347 Å². The Morgan fingerprint density at radius 3 is 0.930 bits per heavy atom. The van der Waals surface area contributed by atoms with Crippen LogP contribution in [0.4, 0.5) is 0 Å². The van der Waals surface area contributed by atoms with Crippen molar-refractivity contribution in [1.82, 2.24) is 39.9 Å². The molecular weight excluding hydrogens is 754 g/mol. The summed E-state index contributed by atoms with van der Waals surface area (Å²) in [7, 11) is 0. The van der Waals surface area contributed by atoms with E-state index in [0.29, 0.717) is 45.9 Å². The van der Waals surface area contributed by atoms with Gasteiger partial charge in [0, 0.05) is 44.8 Å². The van der Waals surface area contributed by atoms with Crippen molar-refractivity contribution in [3.8, 4) is 45.6 Å². The fourth-order valence-corrected chi connectivity index (χ4v) is 7.53. The Bertz CT molecular complexity index is 2760. The minimum atomic E-state index is -0.0826. The molecule has 0 spiro atoms. The van der Waals surface area contributed by atoms with Crippen molar-refractivity contribution in [2.24, 2.45) is 0 Å². The molecule has 9 rings (SSSR count). The molecule has 0 radical (unpaired) electrons. The third-order valence-electron chi connectivity index (χ3n) is 11.2. The number of aromatic nitrogens is 8. The summed E-state index contributed by atoms with van der Waals surface area (Å²) in [6.07, 6.45) is 0. The molecule has 0 atom stereocenters. The summed E-state index contributed by atoms with van der Waals surface area (Å²) in [5.41, 5.74) is 10.3. The summed E-state index contributed by atoms with van der Waals surface area (Å²) in [6.45, 7) is 26.6. The fourth-order valence-electron chi connectivity index (χ4n) is 7.53. The van der Waals surface area contributed by atoms with Crippen molar-refractivity contribution in [3.63, 3.8) is 0 Å². The van der Waals surface area contributed by atoms with Crippen LogP contribution in [0, 0.1) is 0 Å². The van der Waals surface area contributed by atoms with Gasteiger partial charge in [0.2, 0.25) is 0 Å². The second-order valence-corrected chi connectivity index (χ2v) is 19.5. The molecule has 5 heterocycles. The normalized spacial score (nSPS) is 13.1. The average molecular weight is 802 g/mol. The topological polar surface area (TPSA) is 106 Å². The summed E-state index contributed by atoms with van der Waals surface area (Å²) in [6, 6.07) is 25.9. The van der Waals surface area contributed by atoms with E-state index in [2.05, 4.69) is 156 Å². The number of benzene rings is 4. The van der Waals surface area contributed by atoms with Crippen molar-refractivity contribution in [2.45, 2.75) is 105 Å². The first-order valence-electron chi connectivity index (χ1n) is 19.5. The molecule has 4 aromatic carbocycles. The summed E-state index contributed by atoms with van der Waals surface area (Å²) < 4.78 is 0. The van der Waals surface area contributed by atoms with Gasteiger partial charge in [0.1, 0.15) is 0 Å². The van der Waals surface area contributed by atoms with Gasteiger partial charge in [-0.3, -0.25) is 0 Å². The summed E-state index contributed by atoms with van der Waals surface area (Å²) >= 11 is 0. The first-order chi connectivity index (χ1) is 26.2. The zero-order chi connectivity index (χ0) is 39.7. The summed E-state index contributed by atoms with van der Waals surface area (Å²) in [4.78, 5) is 41.6. The number of rotatable bonds is 0. The number of nitrogens with zero attached hydrogens (tertiary/aromatic N) is 8. The van der Waals surface area contributed by atoms with E-state index in [1.165, 1.54) is 22.3 Å². The Morgan fingerprint density at radius 2 is 0.596 bits per heavy atom. The van der Waals surface area contributed by atoms with E-state index >= 15 is 0 Å². The van der Waals surface area contributed by atoms with Gasteiger partial charge in [0.15, 0.2) is 0 Å². The largest absolute Gasteiger partial charge is 2.00 e. The molecule has 0 saturated carbocycles. The second kappa shape index (κ2) is 12.9. The van der Waals surface area contributed by atoms with Crippen LogP contribution >= 0.6 is 0 Å². The minimum absolute atomic E-state index is 0. The molecule has 0 N–H and O–H groups in total. The Morgan fingerprint density at radius 1 is 0.316 bits per heavy atom. The van der Waals surface area contributed by atoms with Gasteiger partial charge in [0.25, 0.3) is 0 Å². The molecule has 282 valence electrons. The van der Waals surface area contributed by atoms with Crippen LogP contribution in [-0.2, 0) is 41.1 Å². The van der Waals surface area contributed by atoms with Crippen LogP contribution in [0.5, 0.6) is 0 Å². The number of fused-ring (bicyclic) bond motifs is 20. The van der Waals surface area contributed by atoms with Crippen molar-refractivity contribution in [3.05, 3.63) is 95.1 Å². The van der Waals surface area contributed by atoms with Gasteiger partial charge >= 0.3 is 19.5 Å². The SMILES string of the molecule is CC(C)(C)c1ccc2c(c1)-c1nc-2nc2[n-]c(nc3nc(nc4[n-]c(n1)c1ccc(C(C)(C)C)cc41)-c1ccc(C(C)(C)C)cc1-3)c1ccc(C(C)(C)C)cc21.[Zn+2]. The van der Waals surface area contributed by atoms with Crippen molar-refractivity contribution >= 4 is 44.1 Å². The van der Waals surface area contributed by atoms with E-state index in [0.717, 1.165) is 43.8 Å². The van der Waals surface area contributed by atoms with Gasteiger partial charge < -0.3 is 29.9 Å². The third kappa shape index (κ3) is 6.68. The van der Waals surface area contributed by atoms with Gasteiger partial charge in [-0.25, -0.2) is 9.97 Å². The maximum Gasteiger partial charge on any atom is 2.00 e. The van der Waals surface area contributed by atoms with Crippen molar-refractivity contribution in [1.29, 1.82) is 0 Å². The molecule has 2 aliphatic rings.